The number of piperazine rings is 1. The Bertz CT molecular complexity index is 1230. The van der Waals surface area contributed by atoms with Gasteiger partial charge in [-0.25, -0.2) is 9.97 Å². The largest absolute Gasteiger partial charge is 0.354 e. The maximum absolute atomic E-state index is 13.1. The van der Waals surface area contributed by atoms with E-state index in [2.05, 4.69) is 36.5 Å². The van der Waals surface area contributed by atoms with Crippen molar-refractivity contribution in [2.45, 2.75) is 44.3 Å². The molecule has 34 heavy (non-hydrogen) atoms. The van der Waals surface area contributed by atoms with Crippen molar-refractivity contribution in [1.29, 1.82) is 5.26 Å². The number of carbonyl (C=O) groups excluding carboxylic acids is 2. The molecule has 2 unspecified atom stereocenters. The summed E-state index contributed by atoms with van der Waals surface area (Å²) in [4.78, 5) is 42.8. The first-order chi connectivity index (χ1) is 16.5. The van der Waals surface area contributed by atoms with Crippen LogP contribution in [0.5, 0.6) is 0 Å². The lowest BCUT2D eigenvalue weighted by molar-refractivity contribution is -0.139. The Morgan fingerprint density at radius 2 is 2.09 bits per heavy atom. The van der Waals surface area contributed by atoms with Gasteiger partial charge < -0.3 is 20.4 Å². The number of nitrogens with one attached hydrogen (secondary N) is 2. The highest BCUT2D eigenvalue weighted by atomic mass is 16.2. The van der Waals surface area contributed by atoms with Crippen molar-refractivity contribution < 1.29 is 9.59 Å². The van der Waals surface area contributed by atoms with Gasteiger partial charge in [0, 0.05) is 25.8 Å². The molecule has 2 amide bonds. The van der Waals surface area contributed by atoms with Crippen LogP contribution in [0, 0.1) is 36.0 Å². The lowest BCUT2D eigenvalue weighted by atomic mass is 9.75. The van der Waals surface area contributed by atoms with Crippen LogP contribution >= 0.6 is 0 Å². The summed E-state index contributed by atoms with van der Waals surface area (Å²) in [6, 6.07) is 6.67. The Labute approximate surface area is 197 Å². The Kier molecular flexibility index (Phi) is 4.69. The Morgan fingerprint density at radius 1 is 1.24 bits per heavy atom. The SMILES string of the molecule is CNC(=O)c1ncc(Nc2nccc(N3C[C@H]4CC5CC3[C@H]5N4C(=O)[C@@H]3C[C@H]3C#N)n2)cc1C. The van der Waals surface area contributed by atoms with Crippen LogP contribution in [0.3, 0.4) is 0 Å². The van der Waals surface area contributed by atoms with E-state index in [0.717, 1.165) is 30.8 Å². The second-order valence-electron chi connectivity index (χ2n) is 9.75. The molecule has 0 spiro atoms. The van der Waals surface area contributed by atoms with E-state index in [1.54, 1.807) is 19.4 Å². The van der Waals surface area contributed by atoms with Crippen LogP contribution in [0.2, 0.25) is 0 Å². The van der Waals surface area contributed by atoms with Crippen molar-refractivity contribution in [3.8, 4) is 6.07 Å². The molecule has 2 bridgehead atoms. The van der Waals surface area contributed by atoms with Gasteiger partial charge in [0.25, 0.3) is 5.91 Å². The molecule has 2 aliphatic heterocycles. The zero-order valence-corrected chi connectivity index (χ0v) is 19.1. The van der Waals surface area contributed by atoms with Crippen molar-refractivity contribution in [3.05, 3.63) is 35.8 Å². The quantitative estimate of drug-likeness (QED) is 0.692. The monoisotopic (exact) mass is 458 g/mol. The second kappa shape index (κ2) is 7.65. The average Bonchev–Trinajstić information content (AvgIpc) is 3.61. The number of aromatic nitrogens is 3. The van der Waals surface area contributed by atoms with Gasteiger partial charge in [0.05, 0.1) is 41.9 Å². The van der Waals surface area contributed by atoms with E-state index in [9.17, 15) is 9.59 Å². The first-order valence-electron chi connectivity index (χ1n) is 11.8. The molecule has 2 aliphatic carbocycles. The smallest absolute Gasteiger partial charge is 0.269 e. The molecule has 2 saturated carbocycles. The number of fused-ring (bicyclic) bond motifs is 1. The summed E-state index contributed by atoms with van der Waals surface area (Å²) in [5, 5.41) is 14.9. The van der Waals surface area contributed by atoms with Crippen LogP contribution in [-0.2, 0) is 4.79 Å². The molecule has 10 heteroatoms. The summed E-state index contributed by atoms with van der Waals surface area (Å²) in [5.41, 5.74) is 1.85. The van der Waals surface area contributed by atoms with E-state index in [4.69, 9.17) is 10.2 Å². The first-order valence-corrected chi connectivity index (χ1v) is 11.8. The van der Waals surface area contributed by atoms with E-state index in [0.29, 0.717) is 29.7 Å². The Hall–Kier alpha value is -3.74. The van der Waals surface area contributed by atoms with Gasteiger partial charge in [0.15, 0.2) is 0 Å². The molecular weight excluding hydrogens is 432 g/mol. The summed E-state index contributed by atoms with van der Waals surface area (Å²) in [5.74, 6) is 1.62. The number of nitriles is 1. The third-order valence-corrected chi connectivity index (χ3v) is 7.76. The number of anilines is 3. The van der Waals surface area contributed by atoms with Crippen molar-refractivity contribution >= 4 is 29.3 Å². The summed E-state index contributed by atoms with van der Waals surface area (Å²) in [7, 11) is 1.58. The highest BCUT2D eigenvalue weighted by Crippen LogP contribution is 2.53. The molecular formula is C24H26N8O2. The molecule has 2 aromatic heterocycles. The van der Waals surface area contributed by atoms with Gasteiger partial charge in [-0.05, 0) is 49.8 Å². The van der Waals surface area contributed by atoms with E-state index in [1.165, 1.54) is 0 Å². The summed E-state index contributed by atoms with van der Waals surface area (Å²) < 4.78 is 0. The number of hydrogen-bond acceptors (Lipinski definition) is 8. The number of aryl methyl sites for hydroxylation is 1. The summed E-state index contributed by atoms with van der Waals surface area (Å²) in [6.45, 7) is 2.59. The van der Waals surface area contributed by atoms with Crippen LogP contribution < -0.4 is 15.5 Å². The van der Waals surface area contributed by atoms with E-state index >= 15 is 0 Å². The predicted octanol–water partition coefficient (Wildman–Crippen LogP) is 1.62. The molecule has 0 aromatic carbocycles. The minimum atomic E-state index is -0.224. The standard InChI is InChI=1S/C24H26N8O2/c1-12-5-15(10-28-20(12)22(33)26-2)29-24-27-4-3-19(30-24)31-11-16-6-13-8-18(31)21(13)32(16)23(34)17-7-14(17)9-25/h3-5,10,13-14,16-18,21H,6-8,11H2,1-2H3,(H,26,33)(H,27,29,30)/t13?,14-,16+,17+,18?,21-/m0/s1. The number of carbonyl (C=O) groups is 2. The van der Waals surface area contributed by atoms with Crippen molar-refractivity contribution in [2.75, 3.05) is 23.8 Å². The average molecular weight is 459 g/mol. The van der Waals surface area contributed by atoms with Crippen molar-refractivity contribution in [3.63, 3.8) is 0 Å². The number of amides is 2. The zero-order valence-electron chi connectivity index (χ0n) is 19.1. The summed E-state index contributed by atoms with van der Waals surface area (Å²) >= 11 is 0. The van der Waals surface area contributed by atoms with Gasteiger partial charge in [0.1, 0.15) is 11.5 Å². The van der Waals surface area contributed by atoms with Crippen molar-refractivity contribution in [1.82, 2.24) is 25.2 Å². The number of nitrogens with zero attached hydrogens (tertiary/aromatic N) is 6. The molecule has 2 saturated heterocycles. The lowest BCUT2D eigenvalue weighted by Crippen LogP contribution is -2.67. The lowest BCUT2D eigenvalue weighted by Gasteiger charge is -2.54. The van der Waals surface area contributed by atoms with Gasteiger partial charge in [0.2, 0.25) is 11.9 Å². The third-order valence-electron chi connectivity index (χ3n) is 7.76. The van der Waals surface area contributed by atoms with Gasteiger partial charge in [-0.3, -0.25) is 9.59 Å². The third kappa shape index (κ3) is 3.18. The van der Waals surface area contributed by atoms with Gasteiger partial charge >= 0.3 is 0 Å². The molecule has 6 atom stereocenters. The van der Waals surface area contributed by atoms with E-state index in [-0.39, 0.29) is 41.8 Å². The topological polar surface area (TPSA) is 127 Å². The molecule has 4 heterocycles. The zero-order chi connectivity index (χ0) is 23.6. The highest BCUT2D eigenvalue weighted by molar-refractivity contribution is 5.93. The van der Waals surface area contributed by atoms with Crippen LogP contribution in [0.25, 0.3) is 0 Å². The fourth-order valence-electron chi connectivity index (χ4n) is 5.99. The molecule has 4 aliphatic rings. The Balaban J connectivity index is 1.19. The molecule has 0 radical (unpaired) electrons. The van der Waals surface area contributed by atoms with Crippen molar-refractivity contribution in [2.24, 2.45) is 17.8 Å². The van der Waals surface area contributed by atoms with Crippen LogP contribution in [-0.4, -0.2) is 63.4 Å². The first kappa shape index (κ1) is 20.8. The maximum Gasteiger partial charge on any atom is 0.269 e. The number of rotatable bonds is 5. The second-order valence-corrected chi connectivity index (χ2v) is 9.75. The van der Waals surface area contributed by atoms with Crippen LogP contribution in [0.4, 0.5) is 17.5 Å². The number of pyridine rings is 1. The highest BCUT2D eigenvalue weighted by Gasteiger charge is 2.62. The van der Waals surface area contributed by atoms with E-state index < -0.39 is 0 Å². The van der Waals surface area contributed by atoms with Crippen LogP contribution in [0.15, 0.2) is 24.5 Å². The minimum Gasteiger partial charge on any atom is -0.354 e. The predicted molar refractivity (Wildman–Crippen MR) is 123 cm³/mol. The minimum absolute atomic E-state index is 0.0965. The summed E-state index contributed by atoms with van der Waals surface area (Å²) in [6.07, 6.45) is 6.15. The Morgan fingerprint density at radius 3 is 2.82 bits per heavy atom. The fourth-order valence-corrected chi connectivity index (χ4v) is 5.99. The molecule has 6 rings (SSSR count). The molecule has 2 aromatic rings. The molecule has 4 fully saturated rings. The fraction of sp³-hybridized carbons (Fsp3) is 0.500. The van der Waals surface area contributed by atoms with Crippen LogP contribution in [0.1, 0.15) is 35.3 Å². The van der Waals surface area contributed by atoms with Gasteiger partial charge in [-0.1, -0.05) is 0 Å². The number of hydrogen-bond donors (Lipinski definition) is 2. The van der Waals surface area contributed by atoms with Gasteiger partial charge in [-0.15, -0.1) is 0 Å². The molecule has 10 nitrogen and oxygen atoms in total. The molecule has 2 N–H and O–H groups in total. The normalized spacial score (nSPS) is 30.3. The molecule has 174 valence electrons. The maximum atomic E-state index is 13.1. The van der Waals surface area contributed by atoms with Gasteiger partial charge in [-0.2, -0.15) is 10.2 Å². The van der Waals surface area contributed by atoms with E-state index in [1.807, 2.05) is 19.1 Å².